The number of carboxylic acid groups (broad SMARTS) is 1. The van der Waals surface area contributed by atoms with Crippen LogP contribution in [-0.2, 0) is 25.5 Å². The van der Waals surface area contributed by atoms with Gasteiger partial charge in [-0.3, -0.25) is 9.79 Å². The van der Waals surface area contributed by atoms with E-state index in [1.807, 2.05) is 24.3 Å². The van der Waals surface area contributed by atoms with E-state index in [1.165, 1.54) is 25.5 Å². The highest BCUT2D eigenvalue weighted by atomic mass is 16.6. The van der Waals surface area contributed by atoms with Crippen LogP contribution in [0.3, 0.4) is 0 Å². The molecule has 0 bridgehead atoms. The molecule has 284 valence electrons. The van der Waals surface area contributed by atoms with Crippen molar-refractivity contribution in [3.05, 3.63) is 95.2 Å². The molecule has 3 atom stereocenters. The Morgan fingerprint density at radius 2 is 1.55 bits per heavy atom. The van der Waals surface area contributed by atoms with Crippen molar-refractivity contribution in [3.8, 4) is 23.0 Å². The number of nitrogens with one attached hydrogen (secondary N) is 1. The predicted octanol–water partition coefficient (Wildman–Crippen LogP) is 5.23. The molecule has 53 heavy (non-hydrogen) atoms. The maximum Gasteiger partial charge on any atom is 0.336 e. The number of methoxy groups -OCH3 is 1. The SMILES string of the molecule is COc1cccc(C2C(C(=O)OCCOc3ccc(OCCNCC(O)COc4ccc(CCOCC5CC5)cc4)cc3)=C(C)N=C(C)C2C(=O)O)c1. The minimum absolute atomic E-state index is 0.0515. The third kappa shape index (κ3) is 12.1. The fourth-order valence-electron chi connectivity index (χ4n) is 6.06. The van der Waals surface area contributed by atoms with Crippen molar-refractivity contribution in [3.63, 3.8) is 0 Å². The van der Waals surface area contributed by atoms with Crippen LogP contribution < -0.4 is 24.3 Å². The highest BCUT2D eigenvalue weighted by Gasteiger charge is 2.41. The highest BCUT2D eigenvalue weighted by Crippen LogP contribution is 2.40. The van der Waals surface area contributed by atoms with Crippen molar-refractivity contribution in [2.24, 2.45) is 16.8 Å². The summed E-state index contributed by atoms with van der Waals surface area (Å²) in [5, 5.41) is 23.5. The quantitative estimate of drug-likeness (QED) is 0.0920. The van der Waals surface area contributed by atoms with Gasteiger partial charge in [-0.2, -0.15) is 0 Å². The van der Waals surface area contributed by atoms with Gasteiger partial charge in [0, 0.05) is 37.0 Å². The molecule has 0 amide bonds. The summed E-state index contributed by atoms with van der Waals surface area (Å²) in [5.74, 6) is -0.299. The molecule has 5 rings (SSSR count). The summed E-state index contributed by atoms with van der Waals surface area (Å²) >= 11 is 0. The number of carbonyl (C=O) groups excluding carboxylic acids is 1. The fourth-order valence-corrected chi connectivity index (χ4v) is 6.06. The highest BCUT2D eigenvalue weighted by molar-refractivity contribution is 6.06. The van der Waals surface area contributed by atoms with Gasteiger partial charge in [-0.15, -0.1) is 0 Å². The number of aliphatic hydroxyl groups excluding tert-OH is 1. The molecule has 3 unspecified atom stereocenters. The van der Waals surface area contributed by atoms with Crippen molar-refractivity contribution in [1.29, 1.82) is 0 Å². The number of carbonyl (C=O) groups is 2. The van der Waals surface area contributed by atoms with Crippen LogP contribution in [0.5, 0.6) is 23.0 Å². The Hall–Kier alpha value is -4.91. The molecule has 0 radical (unpaired) electrons. The minimum atomic E-state index is -1.08. The Morgan fingerprint density at radius 3 is 2.23 bits per heavy atom. The Labute approximate surface area is 310 Å². The lowest BCUT2D eigenvalue weighted by atomic mass is 9.75. The number of aliphatic hydroxyl groups is 1. The maximum atomic E-state index is 13.3. The van der Waals surface area contributed by atoms with Crippen LogP contribution in [-0.4, -0.2) is 93.8 Å². The molecular formula is C41H50N2O10. The first kappa shape index (κ1) is 39.3. The van der Waals surface area contributed by atoms with Gasteiger partial charge in [-0.1, -0.05) is 24.3 Å². The number of nitrogens with zero attached hydrogens (tertiary/aromatic N) is 1. The lowest BCUT2D eigenvalue weighted by Crippen LogP contribution is -2.35. The van der Waals surface area contributed by atoms with Crippen LogP contribution in [0, 0.1) is 11.8 Å². The summed E-state index contributed by atoms with van der Waals surface area (Å²) in [5.41, 5.74) is 2.82. The van der Waals surface area contributed by atoms with Crippen LogP contribution in [0.2, 0.25) is 0 Å². The second-order valence-corrected chi connectivity index (χ2v) is 13.2. The second kappa shape index (κ2) is 19.8. The Bertz CT molecular complexity index is 1700. The van der Waals surface area contributed by atoms with Crippen molar-refractivity contribution in [2.75, 3.05) is 59.8 Å². The number of rotatable bonds is 22. The molecule has 12 heteroatoms. The standard InChI is InChI=1S/C41H50N2O10/c1-27-37(40(45)46)39(31-5-4-6-36(23-31)48-3)38(28(2)43-27)41(47)52-22-21-51-34-15-13-33(14-16-34)50-20-18-42-24-32(44)26-53-35-11-9-29(10-12-35)17-19-49-25-30-7-8-30/h4-6,9-16,23,30,32,37,39,42,44H,7-8,17-22,24-26H2,1-3H3,(H,45,46). The molecule has 0 saturated heterocycles. The maximum absolute atomic E-state index is 13.3. The van der Waals surface area contributed by atoms with Gasteiger partial charge < -0.3 is 44.0 Å². The zero-order valence-corrected chi connectivity index (χ0v) is 30.6. The summed E-state index contributed by atoms with van der Waals surface area (Å²) < 4.78 is 33.9. The summed E-state index contributed by atoms with van der Waals surface area (Å²) in [4.78, 5) is 30.0. The summed E-state index contributed by atoms with van der Waals surface area (Å²) in [6, 6.07) is 22.0. The van der Waals surface area contributed by atoms with Gasteiger partial charge in [0.05, 0.1) is 19.3 Å². The third-order valence-electron chi connectivity index (χ3n) is 9.05. The van der Waals surface area contributed by atoms with Gasteiger partial charge in [0.15, 0.2) is 0 Å². The van der Waals surface area contributed by atoms with Crippen LogP contribution in [0.1, 0.15) is 43.7 Å². The molecule has 1 fully saturated rings. The Kier molecular flexibility index (Phi) is 14.7. The first-order valence-electron chi connectivity index (χ1n) is 18.1. The number of aliphatic carboxylic acids is 1. The van der Waals surface area contributed by atoms with E-state index in [4.69, 9.17) is 28.4 Å². The van der Waals surface area contributed by atoms with Crippen LogP contribution in [0.25, 0.3) is 0 Å². The second-order valence-electron chi connectivity index (χ2n) is 13.2. The Morgan fingerprint density at radius 1 is 0.868 bits per heavy atom. The molecule has 0 aromatic heterocycles. The van der Waals surface area contributed by atoms with Gasteiger partial charge in [0.25, 0.3) is 0 Å². The molecule has 1 saturated carbocycles. The van der Waals surface area contributed by atoms with E-state index in [0.717, 1.165) is 31.3 Å². The topological polar surface area (TPSA) is 154 Å². The van der Waals surface area contributed by atoms with Crippen molar-refractivity contribution in [2.45, 2.75) is 45.1 Å². The largest absolute Gasteiger partial charge is 0.497 e. The number of benzene rings is 3. The van der Waals surface area contributed by atoms with E-state index in [-0.39, 0.29) is 25.4 Å². The Balaban J connectivity index is 0.970. The predicted molar refractivity (Wildman–Crippen MR) is 199 cm³/mol. The summed E-state index contributed by atoms with van der Waals surface area (Å²) in [6.45, 7) is 6.44. The lowest BCUT2D eigenvalue weighted by molar-refractivity contribution is -0.141. The molecular weight excluding hydrogens is 680 g/mol. The van der Waals surface area contributed by atoms with Gasteiger partial charge in [-0.05, 0) is 98.7 Å². The average molecular weight is 731 g/mol. The molecule has 12 nitrogen and oxygen atoms in total. The number of ether oxygens (including phenoxy) is 6. The van der Waals surface area contributed by atoms with E-state index in [0.29, 0.717) is 53.9 Å². The number of carboxylic acids is 1. The van der Waals surface area contributed by atoms with Crippen molar-refractivity contribution in [1.82, 2.24) is 5.32 Å². The molecule has 3 aromatic carbocycles. The zero-order chi connectivity index (χ0) is 37.6. The zero-order valence-electron chi connectivity index (χ0n) is 30.6. The lowest BCUT2D eigenvalue weighted by Gasteiger charge is -2.30. The smallest absolute Gasteiger partial charge is 0.336 e. The van der Waals surface area contributed by atoms with E-state index < -0.39 is 29.9 Å². The fraction of sp³-hybridized carbons (Fsp3) is 0.439. The van der Waals surface area contributed by atoms with Gasteiger partial charge in [0.2, 0.25) is 0 Å². The van der Waals surface area contributed by atoms with Crippen LogP contribution in [0.15, 0.2) is 89.1 Å². The average Bonchev–Trinajstić information content (AvgIpc) is 3.99. The van der Waals surface area contributed by atoms with Gasteiger partial charge in [0.1, 0.15) is 61.4 Å². The molecule has 3 N–H and O–H groups in total. The van der Waals surface area contributed by atoms with Crippen LogP contribution in [0.4, 0.5) is 0 Å². The van der Waals surface area contributed by atoms with Gasteiger partial charge >= 0.3 is 11.9 Å². The van der Waals surface area contributed by atoms with E-state index in [9.17, 15) is 19.8 Å². The molecule has 3 aromatic rings. The van der Waals surface area contributed by atoms with E-state index >= 15 is 0 Å². The van der Waals surface area contributed by atoms with Crippen LogP contribution >= 0.6 is 0 Å². The first-order chi connectivity index (χ1) is 25.7. The van der Waals surface area contributed by atoms with Crippen molar-refractivity contribution < 1.29 is 48.2 Å². The van der Waals surface area contributed by atoms with E-state index in [2.05, 4.69) is 10.3 Å². The molecule has 2 aliphatic rings. The van der Waals surface area contributed by atoms with Crippen molar-refractivity contribution >= 4 is 17.7 Å². The normalized spacial score (nSPS) is 17.5. The third-order valence-corrected chi connectivity index (χ3v) is 9.05. The summed E-state index contributed by atoms with van der Waals surface area (Å²) in [7, 11) is 1.53. The molecule has 1 aliphatic heterocycles. The first-order valence-corrected chi connectivity index (χ1v) is 18.1. The monoisotopic (exact) mass is 730 g/mol. The summed E-state index contributed by atoms with van der Waals surface area (Å²) in [6.07, 6.45) is 2.80. The number of allylic oxidation sites excluding steroid dienone is 1. The molecule has 1 aliphatic carbocycles. The van der Waals surface area contributed by atoms with E-state index in [1.54, 1.807) is 62.4 Å². The number of hydrogen-bond acceptors (Lipinski definition) is 11. The minimum Gasteiger partial charge on any atom is -0.497 e. The number of aliphatic imine (C=N–C) groups is 1. The van der Waals surface area contributed by atoms with Gasteiger partial charge in [-0.25, -0.2) is 4.79 Å². The number of esters is 1. The molecule has 1 heterocycles. The molecule has 0 spiro atoms. The number of hydrogen-bond donors (Lipinski definition) is 3.